The molecular formula is C14H18O4. The Morgan fingerprint density at radius 3 is 2.44 bits per heavy atom. The molecule has 1 saturated heterocycles. The monoisotopic (exact) mass is 250 g/mol. The van der Waals surface area contributed by atoms with Gasteiger partial charge in [-0.05, 0) is 37.1 Å². The number of ether oxygens (including phenoxy) is 2. The molecule has 0 unspecified atom stereocenters. The molecule has 2 heterocycles. The third-order valence-corrected chi connectivity index (χ3v) is 3.79. The van der Waals surface area contributed by atoms with E-state index in [1.54, 1.807) is 6.26 Å². The minimum Gasteiger partial charge on any atom is -0.465 e. The average Bonchev–Trinajstić information content (AvgIpc) is 3.04. The highest BCUT2D eigenvalue weighted by Crippen LogP contribution is 2.40. The molecule has 3 rings (SSSR count). The molecule has 1 N–H and O–H groups in total. The summed E-state index contributed by atoms with van der Waals surface area (Å²) in [7, 11) is 0. The Hall–Kier alpha value is -1.10. The topological polar surface area (TPSA) is 51.8 Å². The van der Waals surface area contributed by atoms with E-state index >= 15 is 0 Å². The minimum absolute atomic E-state index is 0.426. The number of hydrogen-bond acceptors (Lipinski definition) is 4. The average molecular weight is 250 g/mol. The largest absolute Gasteiger partial charge is 0.465 e. The molecule has 18 heavy (non-hydrogen) atoms. The van der Waals surface area contributed by atoms with E-state index in [0.29, 0.717) is 26.1 Å². The van der Waals surface area contributed by atoms with E-state index in [4.69, 9.17) is 13.9 Å². The van der Waals surface area contributed by atoms with Gasteiger partial charge in [0.2, 0.25) is 0 Å². The Labute approximate surface area is 106 Å². The molecule has 2 fully saturated rings. The SMILES string of the molecule is OC1(/C=C/c2ccco2)CCC2(CC1)OCCO2. The fraction of sp³-hybridized carbons (Fsp3) is 0.571. The summed E-state index contributed by atoms with van der Waals surface area (Å²) < 4.78 is 16.5. The summed E-state index contributed by atoms with van der Waals surface area (Å²) in [6.07, 6.45) is 8.08. The van der Waals surface area contributed by atoms with E-state index < -0.39 is 11.4 Å². The van der Waals surface area contributed by atoms with Gasteiger partial charge in [0, 0.05) is 12.8 Å². The van der Waals surface area contributed by atoms with Gasteiger partial charge in [0.15, 0.2) is 5.79 Å². The van der Waals surface area contributed by atoms with Crippen molar-refractivity contribution in [2.75, 3.05) is 13.2 Å². The molecule has 98 valence electrons. The lowest BCUT2D eigenvalue weighted by Gasteiger charge is -2.39. The first-order valence-corrected chi connectivity index (χ1v) is 6.43. The Balaban J connectivity index is 1.63. The molecule has 1 aliphatic carbocycles. The minimum atomic E-state index is -0.770. The van der Waals surface area contributed by atoms with E-state index in [-0.39, 0.29) is 0 Å². The Bertz CT molecular complexity index is 405. The molecule has 1 aromatic heterocycles. The molecule has 1 aromatic rings. The molecule has 0 aromatic carbocycles. The summed E-state index contributed by atoms with van der Waals surface area (Å²) in [6.45, 7) is 1.33. The first kappa shape index (κ1) is 12.0. The zero-order valence-corrected chi connectivity index (χ0v) is 10.3. The predicted molar refractivity (Wildman–Crippen MR) is 65.8 cm³/mol. The van der Waals surface area contributed by atoms with Crippen LogP contribution in [0.5, 0.6) is 0 Å². The molecule has 1 aliphatic heterocycles. The lowest BCUT2D eigenvalue weighted by atomic mass is 9.81. The predicted octanol–water partition coefficient (Wildman–Crippen LogP) is 2.34. The van der Waals surface area contributed by atoms with Crippen molar-refractivity contribution in [3.05, 3.63) is 30.2 Å². The third-order valence-electron chi connectivity index (χ3n) is 3.79. The molecule has 4 nitrogen and oxygen atoms in total. The number of rotatable bonds is 2. The zero-order valence-electron chi connectivity index (χ0n) is 10.3. The summed E-state index contributed by atoms with van der Waals surface area (Å²) in [5.74, 6) is 0.335. The van der Waals surface area contributed by atoms with Crippen molar-refractivity contribution >= 4 is 6.08 Å². The van der Waals surface area contributed by atoms with Crippen LogP contribution in [0.3, 0.4) is 0 Å². The fourth-order valence-electron chi connectivity index (χ4n) is 2.64. The molecule has 1 spiro atoms. The summed E-state index contributed by atoms with van der Waals surface area (Å²) in [5.41, 5.74) is -0.770. The molecule has 1 saturated carbocycles. The van der Waals surface area contributed by atoms with E-state index in [0.717, 1.165) is 18.6 Å². The molecule has 0 atom stereocenters. The van der Waals surface area contributed by atoms with E-state index in [9.17, 15) is 5.11 Å². The standard InChI is InChI=1S/C14H18O4/c15-13(4-3-12-2-1-9-16-12)5-7-14(8-6-13)17-10-11-18-14/h1-4,9,15H,5-8,10-11H2/b4-3+. The maximum Gasteiger partial charge on any atom is 0.168 e. The quantitative estimate of drug-likeness (QED) is 0.875. The van der Waals surface area contributed by atoms with Crippen LogP contribution in [0.15, 0.2) is 28.9 Å². The van der Waals surface area contributed by atoms with Crippen LogP contribution in [0.4, 0.5) is 0 Å². The number of aliphatic hydroxyl groups is 1. The van der Waals surface area contributed by atoms with Crippen LogP contribution < -0.4 is 0 Å². The Kier molecular flexibility index (Phi) is 3.01. The molecular weight excluding hydrogens is 232 g/mol. The van der Waals surface area contributed by atoms with Gasteiger partial charge in [-0.2, -0.15) is 0 Å². The van der Waals surface area contributed by atoms with Crippen molar-refractivity contribution in [2.45, 2.75) is 37.1 Å². The Morgan fingerprint density at radius 1 is 1.11 bits per heavy atom. The van der Waals surface area contributed by atoms with Gasteiger partial charge in [-0.3, -0.25) is 0 Å². The molecule has 4 heteroatoms. The summed E-state index contributed by atoms with van der Waals surface area (Å²) in [4.78, 5) is 0. The van der Waals surface area contributed by atoms with Crippen LogP contribution in [0.1, 0.15) is 31.4 Å². The normalized spacial score (nSPS) is 26.1. The van der Waals surface area contributed by atoms with Crippen molar-refractivity contribution in [1.82, 2.24) is 0 Å². The van der Waals surface area contributed by atoms with Gasteiger partial charge in [0.05, 0.1) is 25.1 Å². The highest BCUT2D eigenvalue weighted by Gasteiger charge is 2.44. The van der Waals surface area contributed by atoms with Crippen LogP contribution >= 0.6 is 0 Å². The van der Waals surface area contributed by atoms with Crippen LogP contribution in [0.2, 0.25) is 0 Å². The third kappa shape index (κ3) is 2.36. The van der Waals surface area contributed by atoms with Gasteiger partial charge in [-0.1, -0.05) is 0 Å². The smallest absolute Gasteiger partial charge is 0.168 e. The lowest BCUT2D eigenvalue weighted by Crippen LogP contribution is -2.42. The van der Waals surface area contributed by atoms with Crippen molar-refractivity contribution in [3.63, 3.8) is 0 Å². The first-order chi connectivity index (χ1) is 8.70. The van der Waals surface area contributed by atoms with Crippen LogP contribution in [-0.4, -0.2) is 29.7 Å². The van der Waals surface area contributed by atoms with Gasteiger partial charge in [-0.15, -0.1) is 0 Å². The van der Waals surface area contributed by atoms with Crippen molar-refractivity contribution in [1.29, 1.82) is 0 Å². The van der Waals surface area contributed by atoms with Crippen molar-refractivity contribution in [2.24, 2.45) is 0 Å². The van der Waals surface area contributed by atoms with Gasteiger partial charge in [0.1, 0.15) is 5.76 Å². The first-order valence-electron chi connectivity index (χ1n) is 6.43. The van der Waals surface area contributed by atoms with E-state index in [2.05, 4.69) is 0 Å². The molecule has 0 bridgehead atoms. The van der Waals surface area contributed by atoms with Crippen LogP contribution in [0.25, 0.3) is 6.08 Å². The lowest BCUT2D eigenvalue weighted by molar-refractivity contribution is -0.196. The number of furan rings is 1. The maximum atomic E-state index is 10.5. The second-order valence-corrected chi connectivity index (χ2v) is 5.06. The van der Waals surface area contributed by atoms with Crippen molar-refractivity contribution in [3.8, 4) is 0 Å². The number of hydrogen-bond donors (Lipinski definition) is 1. The van der Waals surface area contributed by atoms with Gasteiger partial charge in [-0.25, -0.2) is 0 Å². The second kappa shape index (κ2) is 4.53. The molecule has 2 aliphatic rings. The summed E-state index contributed by atoms with van der Waals surface area (Å²) in [5, 5.41) is 10.5. The maximum absolute atomic E-state index is 10.5. The van der Waals surface area contributed by atoms with Gasteiger partial charge < -0.3 is 19.0 Å². The zero-order chi connectivity index (χ0) is 12.5. The second-order valence-electron chi connectivity index (χ2n) is 5.06. The van der Waals surface area contributed by atoms with E-state index in [1.807, 2.05) is 24.3 Å². The van der Waals surface area contributed by atoms with Gasteiger partial charge >= 0.3 is 0 Å². The van der Waals surface area contributed by atoms with E-state index in [1.165, 1.54) is 0 Å². The molecule has 0 radical (unpaired) electrons. The summed E-state index contributed by atoms with van der Waals surface area (Å²) in [6, 6.07) is 3.70. The fourth-order valence-corrected chi connectivity index (χ4v) is 2.64. The highest BCUT2D eigenvalue weighted by molar-refractivity contribution is 5.44. The van der Waals surface area contributed by atoms with Crippen molar-refractivity contribution < 1.29 is 19.0 Å². The van der Waals surface area contributed by atoms with Gasteiger partial charge in [0.25, 0.3) is 0 Å². The van der Waals surface area contributed by atoms with Crippen LogP contribution in [0, 0.1) is 0 Å². The van der Waals surface area contributed by atoms with Crippen LogP contribution in [-0.2, 0) is 9.47 Å². The summed E-state index contributed by atoms with van der Waals surface area (Å²) >= 11 is 0. The Morgan fingerprint density at radius 2 is 1.83 bits per heavy atom. The molecule has 0 amide bonds. The highest BCUT2D eigenvalue weighted by atomic mass is 16.7.